The van der Waals surface area contributed by atoms with Crippen molar-refractivity contribution in [1.29, 1.82) is 0 Å². The van der Waals surface area contributed by atoms with Gasteiger partial charge < -0.3 is 15.4 Å². The lowest BCUT2D eigenvalue weighted by Crippen LogP contribution is -2.27. The van der Waals surface area contributed by atoms with Gasteiger partial charge in [0.15, 0.2) is 0 Å². The summed E-state index contributed by atoms with van der Waals surface area (Å²) in [5, 5.41) is 0.875. The van der Waals surface area contributed by atoms with Crippen LogP contribution in [0.25, 0.3) is 10.9 Å². The van der Waals surface area contributed by atoms with Crippen molar-refractivity contribution < 1.29 is 9.53 Å². The van der Waals surface area contributed by atoms with Crippen molar-refractivity contribution in [2.45, 2.75) is 38.5 Å². The quantitative estimate of drug-likeness (QED) is 0.753. The molecule has 7 nitrogen and oxygen atoms in total. The maximum Gasteiger partial charge on any atom is 0.272 e. The molecule has 1 saturated carbocycles. The second-order valence-electron chi connectivity index (χ2n) is 7.55. The largest absolute Gasteiger partial charge is 0.383 e. The molecule has 5 rings (SSSR count). The second kappa shape index (κ2) is 6.53. The molecule has 28 heavy (non-hydrogen) atoms. The fourth-order valence-electron chi connectivity index (χ4n) is 3.69. The SMILES string of the molecule is CN(Cc1ccc(C2CC2)cn1)C(=O)c1cc2c3c(c(N)nc2cn1)COC3. The van der Waals surface area contributed by atoms with Crippen LogP contribution in [-0.4, -0.2) is 32.8 Å². The third-order valence-electron chi connectivity index (χ3n) is 5.48. The van der Waals surface area contributed by atoms with Crippen molar-refractivity contribution in [3.8, 4) is 0 Å². The predicted molar refractivity (Wildman–Crippen MR) is 104 cm³/mol. The van der Waals surface area contributed by atoms with Gasteiger partial charge in [-0.2, -0.15) is 0 Å². The van der Waals surface area contributed by atoms with E-state index in [2.05, 4.69) is 21.0 Å². The van der Waals surface area contributed by atoms with E-state index in [9.17, 15) is 4.79 Å². The van der Waals surface area contributed by atoms with Crippen molar-refractivity contribution >= 4 is 22.6 Å². The number of anilines is 1. The molecular weight excluding hydrogens is 354 g/mol. The molecule has 4 heterocycles. The highest BCUT2D eigenvalue weighted by molar-refractivity contribution is 5.97. The van der Waals surface area contributed by atoms with Gasteiger partial charge in [-0.3, -0.25) is 9.78 Å². The molecule has 1 fully saturated rings. The molecule has 0 atom stereocenters. The average molecular weight is 375 g/mol. The Labute approximate surface area is 162 Å². The third kappa shape index (κ3) is 2.97. The number of aromatic nitrogens is 3. The molecular formula is C21H21N5O2. The second-order valence-corrected chi connectivity index (χ2v) is 7.55. The highest BCUT2D eigenvalue weighted by Gasteiger charge is 2.24. The van der Waals surface area contributed by atoms with Crippen molar-refractivity contribution in [3.63, 3.8) is 0 Å². The maximum atomic E-state index is 12.9. The van der Waals surface area contributed by atoms with Gasteiger partial charge in [-0.25, -0.2) is 9.97 Å². The van der Waals surface area contributed by atoms with Gasteiger partial charge in [0, 0.05) is 24.2 Å². The lowest BCUT2D eigenvalue weighted by Gasteiger charge is -2.17. The van der Waals surface area contributed by atoms with Gasteiger partial charge in [0.2, 0.25) is 0 Å². The lowest BCUT2D eigenvalue weighted by molar-refractivity contribution is 0.0778. The summed E-state index contributed by atoms with van der Waals surface area (Å²) >= 11 is 0. The van der Waals surface area contributed by atoms with Gasteiger partial charge in [-0.1, -0.05) is 6.07 Å². The maximum absolute atomic E-state index is 12.9. The normalized spacial score (nSPS) is 15.6. The van der Waals surface area contributed by atoms with Gasteiger partial charge in [-0.05, 0) is 42.0 Å². The summed E-state index contributed by atoms with van der Waals surface area (Å²) < 4.78 is 5.52. The Morgan fingerprint density at radius 1 is 1.21 bits per heavy atom. The Morgan fingerprint density at radius 3 is 2.79 bits per heavy atom. The van der Waals surface area contributed by atoms with E-state index in [1.54, 1.807) is 24.2 Å². The van der Waals surface area contributed by atoms with E-state index in [1.165, 1.54) is 18.4 Å². The Balaban J connectivity index is 1.39. The number of amides is 1. The van der Waals surface area contributed by atoms with Gasteiger partial charge in [0.25, 0.3) is 5.91 Å². The minimum absolute atomic E-state index is 0.153. The number of carbonyl (C=O) groups is 1. The number of nitrogens with zero attached hydrogens (tertiary/aromatic N) is 4. The highest BCUT2D eigenvalue weighted by Crippen LogP contribution is 2.39. The van der Waals surface area contributed by atoms with Crippen LogP contribution >= 0.6 is 0 Å². The average Bonchev–Trinajstić information content (AvgIpc) is 3.43. The van der Waals surface area contributed by atoms with E-state index in [0.717, 1.165) is 22.2 Å². The molecule has 0 unspecified atom stereocenters. The molecule has 7 heteroatoms. The lowest BCUT2D eigenvalue weighted by atomic mass is 10.1. The minimum Gasteiger partial charge on any atom is -0.383 e. The van der Waals surface area contributed by atoms with Gasteiger partial charge in [0.05, 0.1) is 37.2 Å². The summed E-state index contributed by atoms with van der Waals surface area (Å²) in [7, 11) is 1.76. The number of nitrogen functional groups attached to an aromatic ring is 1. The molecule has 0 spiro atoms. The molecule has 3 aromatic rings. The number of ether oxygens (including phenoxy) is 1. The number of fused-ring (bicyclic) bond motifs is 3. The predicted octanol–water partition coefficient (Wildman–Crippen LogP) is 2.79. The van der Waals surface area contributed by atoms with Crippen molar-refractivity contribution in [2.24, 2.45) is 0 Å². The van der Waals surface area contributed by atoms with Crippen LogP contribution < -0.4 is 5.73 Å². The first-order chi connectivity index (χ1) is 13.6. The zero-order valence-electron chi connectivity index (χ0n) is 15.7. The summed E-state index contributed by atoms with van der Waals surface area (Å²) in [6, 6.07) is 5.91. The van der Waals surface area contributed by atoms with E-state index < -0.39 is 0 Å². The molecule has 0 bridgehead atoms. The topological polar surface area (TPSA) is 94.2 Å². The van der Waals surface area contributed by atoms with Crippen LogP contribution in [0.1, 0.15) is 51.6 Å². The number of rotatable bonds is 4. The highest BCUT2D eigenvalue weighted by atomic mass is 16.5. The van der Waals surface area contributed by atoms with Crippen LogP contribution in [0.15, 0.2) is 30.6 Å². The monoisotopic (exact) mass is 375 g/mol. The standard InChI is InChI=1S/C21H21N5O2/c1-26(9-14-5-4-13(7-23-14)12-2-3-12)21(27)18-6-15-16-10-28-11-17(16)20(22)25-19(15)8-24-18/h4-8,12H,2-3,9-11H2,1H3,(H2,22,25). The molecule has 1 aliphatic heterocycles. The van der Waals surface area contributed by atoms with Gasteiger partial charge >= 0.3 is 0 Å². The number of nitrogens with two attached hydrogens (primary N) is 1. The molecule has 1 aliphatic carbocycles. The van der Waals surface area contributed by atoms with Gasteiger partial charge in [-0.15, -0.1) is 0 Å². The van der Waals surface area contributed by atoms with E-state index in [1.807, 2.05) is 12.3 Å². The first-order valence-corrected chi connectivity index (χ1v) is 9.45. The van der Waals surface area contributed by atoms with E-state index >= 15 is 0 Å². The summed E-state index contributed by atoms with van der Waals surface area (Å²) in [5.41, 5.74) is 11.1. The number of pyridine rings is 3. The fraction of sp³-hybridized carbons (Fsp3) is 0.333. The summed E-state index contributed by atoms with van der Waals surface area (Å²) in [6.07, 6.45) is 6.04. The Hall–Kier alpha value is -3.06. The Bertz CT molecular complexity index is 1080. The Morgan fingerprint density at radius 2 is 2.04 bits per heavy atom. The molecule has 1 amide bonds. The minimum atomic E-state index is -0.153. The zero-order chi connectivity index (χ0) is 19.3. The van der Waals surface area contributed by atoms with E-state index in [4.69, 9.17) is 10.5 Å². The first kappa shape index (κ1) is 17.1. The number of hydrogen-bond donors (Lipinski definition) is 1. The summed E-state index contributed by atoms with van der Waals surface area (Å²) in [4.78, 5) is 27.7. The van der Waals surface area contributed by atoms with Crippen LogP contribution in [0.2, 0.25) is 0 Å². The van der Waals surface area contributed by atoms with E-state index in [0.29, 0.717) is 42.7 Å². The molecule has 2 N–H and O–H groups in total. The van der Waals surface area contributed by atoms with Crippen LogP contribution in [0.5, 0.6) is 0 Å². The molecule has 142 valence electrons. The molecule has 0 radical (unpaired) electrons. The van der Waals surface area contributed by atoms with Crippen molar-refractivity contribution in [1.82, 2.24) is 19.9 Å². The summed E-state index contributed by atoms with van der Waals surface area (Å²) in [5.74, 6) is 0.995. The molecule has 3 aromatic heterocycles. The van der Waals surface area contributed by atoms with Crippen LogP contribution in [-0.2, 0) is 24.5 Å². The van der Waals surface area contributed by atoms with Crippen LogP contribution in [0.3, 0.4) is 0 Å². The zero-order valence-corrected chi connectivity index (χ0v) is 15.7. The molecule has 0 aromatic carbocycles. The van der Waals surface area contributed by atoms with Crippen molar-refractivity contribution in [2.75, 3.05) is 12.8 Å². The van der Waals surface area contributed by atoms with Crippen LogP contribution in [0.4, 0.5) is 5.82 Å². The Kier molecular flexibility index (Phi) is 3.98. The number of carbonyl (C=O) groups excluding carboxylic acids is 1. The van der Waals surface area contributed by atoms with Gasteiger partial charge in [0.1, 0.15) is 11.5 Å². The molecule has 0 saturated heterocycles. The van der Waals surface area contributed by atoms with E-state index in [-0.39, 0.29) is 5.91 Å². The fourth-order valence-corrected chi connectivity index (χ4v) is 3.69. The summed E-state index contributed by atoms with van der Waals surface area (Å²) in [6.45, 7) is 1.37. The van der Waals surface area contributed by atoms with Crippen molar-refractivity contribution in [3.05, 3.63) is 58.7 Å². The third-order valence-corrected chi connectivity index (χ3v) is 5.48. The molecule has 2 aliphatic rings. The number of hydrogen-bond acceptors (Lipinski definition) is 6. The smallest absolute Gasteiger partial charge is 0.272 e. The van der Waals surface area contributed by atoms with Crippen LogP contribution in [0, 0.1) is 0 Å². The first-order valence-electron chi connectivity index (χ1n) is 9.45.